The fourth-order valence-electron chi connectivity index (χ4n) is 0.997. The van der Waals surface area contributed by atoms with Gasteiger partial charge in [0.05, 0.1) is 0 Å². The lowest BCUT2D eigenvalue weighted by Crippen LogP contribution is -2.35. The van der Waals surface area contributed by atoms with Gasteiger partial charge in [0.1, 0.15) is 0 Å². The second kappa shape index (κ2) is 4.74. The van der Waals surface area contributed by atoms with Gasteiger partial charge in [-0.25, -0.2) is 0 Å². The topological polar surface area (TPSA) is 80.3 Å². The number of aliphatic carboxylic acids is 2. The maximum absolute atomic E-state index is 10.4. The Morgan fingerprint density at radius 1 is 1.25 bits per heavy atom. The van der Waals surface area contributed by atoms with E-state index in [-0.39, 0.29) is 18.8 Å². The predicted octanol–water partition coefficient (Wildman–Crippen LogP) is -1.46. The van der Waals surface area contributed by atoms with Crippen LogP contribution in [0.2, 0.25) is 0 Å². The van der Waals surface area contributed by atoms with E-state index in [4.69, 9.17) is 0 Å². The van der Waals surface area contributed by atoms with E-state index in [9.17, 15) is 19.8 Å². The van der Waals surface area contributed by atoms with E-state index in [1.807, 2.05) is 0 Å². The normalized spacial score (nSPS) is 12.9. The minimum Gasteiger partial charge on any atom is -0.550 e. The van der Waals surface area contributed by atoms with Crippen molar-refractivity contribution in [3.63, 3.8) is 0 Å². The van der Waals surface area contributed by atoms with Crippen LogP contribution in [0.4, 0.5) is 0 Å². The fraction of sp³-hybridized carbons (Fsp3) is 0.750. The summed E-state index contributed by atoms with van der Waals surface area (Å²) >= 11 is 0. The molecular weight excluding hydrogens is 160 g/mol. The van der Waals surface area contributed by atoms with E-state index in [0.29, 0.717) is 0 Å². The maximum Gasteiger partial charge on any atom is 0.0447 e. The highest BCUT2D eigenvalue weighted by molar-refractivity contribution is 5.70. The molecule has 0 aromatic heterocycles. The number of hydrogen-bond donors (Lipinski definition) is 0. The molecule has 4 nitrogen and oxygen atoms in total. The van der Waals surface area contributed by atoms with Crippen LogP contribution in [-0.4, -0.2) is 11.9 Å². The molecular formula is C8H12O4-2. The first kappa shape index (κ1) is 10.9. The molecule has 0 aromatic carbocycles. The lowest BCUT2D eigenvalue weighted by atomic mass is 9.91. The monoisotopic (exact) mass is 172 g/mol. The van der Waals surface area contributed by atoms with Crippen molar-refractivity contribution in [3.8, 4) is 0 Å². The van der Waals surface area contributed by atoms with Crippen LogP contribution in [0.5, 0.6) is 0 Å². The van der Waals surface area contributed by atoms with Gasteiger partial charge in [0.25, 0.3) is 0 Å². The molecule has 0 unspecified atom stereocenters. The Balaban J connectivity index is 3.97. The molecule has 0 aliphatic rings. The Morgan fingerprint density at radius 3 is 2.00 bits per heavy atom. The first-order chi connectivity index (χ1) is 5.45. The summed E-state index contributed by atoms with van der Waals surface area (Å²) in [5, 5.41) is 20.5. The van der Waals surface area contributed by atoms with E-state index in [1.54, 1.807) is 13.8 Å². The smallest absolute Gasteiger partial charge is 0.0447 e. The van der Waals surface area contributed by atoms with Gasteiger partial charge >= 0.3 is 0 Å². The Bertz CT molecular complexity index is 174. The zero-order valence-corrected chi connectivity index (χ0v) is 7.20. The van der Waals surface area contributed by atoms with Gasteiger partial charge in [0, 0.05) is 17.9 Å². The van der Waals surface area contributed by atoms with Crippen LogP contribution in [0.1, 0.15) is 26.7 Å². The second-order valence-corrected chi connectivity index (χ2v) is 3.08. The number of carbonyl (C=O) groups is 2. The van der Waals surface area contributed by atoms with Gasteiger partial charge < -0.3 is 19.8 Å². The van der Waals surface area contributed by atoms with Crippen LogP contribution in [0.25, 0.3) is 0 Å². The molecule has 70 valence electrons. The summed E-state index contributed by atoms with van der Waals surface area (Å²) in [5.41, 5.74) is 0. The molecule has 4 heteroatoms. The molecule has 0 radical (unpaired) electrons. The third-order valence-electron chi connectivity index (χ3n) is 1.77. The minimum atomic E-state index is -1.22. The van der Waals surface area contributed by atoms with Gasteiger partial charge in [0.2, 0.25) is 0 Å². The molecule has 12 heavy (non-hydrogen) atoms. The molecule has 0 aliphatic heterocycles. The van der Waals surface area contributed by atoms with Gasteiger partial charge in [-0.1, -0.05) is 13.8 Å². The Hall–Kier alpha value is -1.06. The van der Waals surface area contributed by atoms with Crippen molar-refractivity contribution in [1.82, 2.24) is 0 Å². The number of carboxylic acid groups (broad SMARTS) is 2. The summed E-state index contributed by atoms with van der Waals surface area (Å²) in [5.74, 6) is -3.20. The maximum atomic E-state index is 10.4. The van der Waals surface area contributed by atoms with Crippen molar-refractivity contribution >= 4 is 11.9 Å². The predicted molar refractivity (Wildman–Crippen MR) is 37.6 cm³/mol. The molecule has 0 bridgehead atoms. The van der Waals surface area contributed by atoms with Crippen molar-refractivity contribution in [1.29, 1.82) is 0 Å². The standard InChI is InChI=1S/C8H14O4/c1-5(2)6(8(11)12)3-4-7(9)10/h5-6H,3-4H2,1-2H3,(H,9,10)(H,11,12)/p-2/t6-/m0/s1. The van der Waals surface area contributed by atoms with Crippen molar-refractivity contribution in [2.75, 3.05) is 0 Å². The van der Waals surface area contributed by atoms with Crippen LogP contribution >= 0.6 is 0 Å². The molecule has 0 spiro atoms. The quantitative estimate of drug-likeness (QED) is 0.507. The average molecular weight is 172 g/mol. The van der Waals surface area contributed by atoms with Crippen molar-refractivity contribution < 1.29 is 19.8 Å². The van der Waals surface area contributed by atoms with Gasteiger partial charge in [-0.2, -0.15) is 0 Å². The molecule has 0 fully saturated rings. The molecule has 0 rings (SSSR count). The van der Waals surface area contributed by atoms with E-state index >= 15 is 0 Å². The summed E-state index contributed by atoms with van der Waals surface area (Å²) in [7, 11) is 0. The van der Waals surface area contributed by atoms with Gasteiger partial charge in [-0.3, -0.25) is 0 Å². The Labute approximate surface area is 71.2 Å². The third-order valence-corrected chi connectivity index (χ3v) is 1.77. The average Bonchev–Trinajstić information content (AvgIpc) is 1.84. The van der Waals surface area contributed by atoms with Crippen LogP contribution in [0.3, 0.4) is 0 Å². The highest BCUT2D eigenvalue weighted by atomic mass is 16.4. The molecule has 0 aliphatic carbocycles. The summed E-state index contributed by atoms with van der Waals surface area (Å²) in [4.78, 5) is 20.5. The van der Waals surface area contributed by atoms with Crippen LogP contribution in [0, 0.1) is 11.8 Å². The van der Waals surface area contributed by atoms with Crippen LogP contribution in [-0.2, 0) is 9.59 Å². The molecule has 0 aromatic rings. The first-order valence-corrected chi connectivity index (χ1v) is 3.86. The van der Waals surface area contributed by atoms with Crippen LogP contribution < -0.4 is 10.2 Å². The SMILES string of the molecule is CC(C)[C@H](CCC(=O)[O-])C(=O)[O-]. The summed E-state index contributed by atoms with van der Waals surface area (Å²) in [6, 6.07) is 0. The molecule has 0 heterocycles. The van der Waals surface area contributed by atoms with E-state index in [2.05, 4.69) is 0 Å². The van der Waals surface area contributed by atoms with Gasteiger partial charge in [-0.15, -0.1) is 0 Å². The molecule has 0 N–H and O–H groups in total. The van der Waals surface area contributed by atoms with Gasteiger partial charge in [0.15, 0.2) is 0 Å². The molecule has 1 atom stereocenters. The van der Waals surface area contributed by atoms with Crippen LogP contribution in [0.15, 0.2) is 0 Å². The third kappa shape index (κ3) is 3.95. The zero-order valence-electron chi connectivity index (χ0n) is 7.20. The van der Waals surface area contributed by atoms with Gasteiger partial charge in [-0.05, 0) is 18.8 Å². The number of rotatable bonds is 5. The number of hydrogen-bond acceptors (Lipinski definition) is 4. The number of carbonyl (C=O) groups excluding carboxylic acids is 2. The van der Waals surface area contributed by atoms with E-state index in [0.717, 1.165) is 0 Å². The first-order valence-electron chi connectivity index (χ1n) is 3.86. The number of carboxylic acids is 2. The lowest BCUT2D eigenvalue weighted by molar-refractivity contribution is -0.314. The minimum absolute atomic E-state index is 0.0856. The summed E-state index contributed by atoms with van der Waals surface area (Å²) in [6.07, 6.45) is -0.140. The summed E-state index contributed by atoms with van der Waals surface area (Å²) < 4.78 is 0. The molecule has 0 amide bonds. The van der Waals surface area contributed by atoms with E-state index in [1.165, 1.54) is 0 Å². The molecule has 0 saturated heterocycles. The van der Waals surface area contributed by atoms with E-state index < -0.39 is 17.9 Å². The highest BCUT2D eigenvalue weighted by Crippen LogP contribution is 2.15. The Morgan fingerprint density at radius 2 is 1.75 bits per heavy atom. The van der Waals surface area contributed by atoms with Crippen molar-refractivity contribution in [3.05, 3.63) is 0 Å². The zero-order chi connectivity index (χ0) is 9.72. The highest BCUT2D eigenvalue weighted by Gasteiger charge is 2.13. The molecule has 0 saturated carbocycles. The van der Waals surface area contributed by atoms with Crippen molar-refractivity contribution in [2.24, 2.45) is 11.8 Å². The van der Waals surface area contributed by atoms with Crippen molar-refractivity contribution in [2.45, 2.75) is 26.7 Å². The Kier molecular flexibility index (Phi) is 4.33. The largest absolute Gasteiger partial charge is 0.550 e. The fourth-order valence-corrected chi connectivity index (χ4v) is 0.997. The lowest BCUT2D eigenvalue weighted by Gasteiger charge is -2.21. The summed E-state index contributed by atoms with van der Waals surface area (Å²) in [6.45, 7) is 3.44. The second-order valence-electron chi connectivity index (χ2n) is 3.08.